The van der Waals surface area contributed by atoms with Gasteiger partial charge in [0.1, 0.15) is 5.82 Å². The molecule has 1 atom stereocenters. The molecule has 0 saturated carbocycles. The summed E-state index contributed by atoms with van der Waals surface area (Å²) in [5, 5.41) is 10.7. The van der Waals surface area contributed by atoms with Crippen molar-refractivity contribution in [2.45, 2.75) is 44.2 Å². The number of hydrogen-bond acceptors (Lipinski definition) is 4. The van der Waals surface area contributed by atoms with Crippen LogP contribution in [0.25, 0.3) is 0 Å². The number of piperidine rings is 1. The summed E-state index contributed by atoms with van der Waals surface area (Å²) in [6.45, 7) is 3.94. The highest BCUT2D eigenvalue weighted by atomic mass is 19.1. The standard InChI is InChI=1S/C19H27FN2O3/c1-14-5-6-15(20)17(12-14)22-9-3-4-16(18(22)23)21(2)13-19(24)7-10-25-11-8-19/h5-6,12,16,24H,3-4,7-11,13H2,1-2H3. The van der Waals surface area contributed by atoms with Crippen LogP contribution in [0.1, 0.15) is 31.2 Å². The molecule has 2 fully saturated rings. The molecule has 1 aromatic carbocycles. The summed E-state index contributed by atoms with van der Waals surface area (Å²) in [5.74, 6) is -0.459. The quantitative estimate of drug-likeness (QED) is 0.904. The number of rotatable bonds is 4. The molecular formula is C19H27FN2O3. The maximum atomic E-state index is 14.2. The van der Waals surface area contributed by atoms with Gasteiger partial charge in [-0.05, 0) is 44.5 Å². The van der Waals surface area contributed by atoms with E-state index < -0.39 is 5.60 Å². The number of aryl methyl sites for hydroxylation is 1. The van der Waals surface area contributed by atoms with Gasteiger partial charge >= 0.3 is 0 Å². The van der Waals surface area contributed by atoms with Crippen LogP contribution in [0.2, 0.25) is 0 Å². The SMILES string of the molecule is Cc1ccc(F)c(N2CCCC(N(C)CC3(O)CCOCC3)C2=O)c1. The van der Waals surface area contributed by atoms with Crippen molar-refractivity contribution in [2.24, 2.45) is 0 Å². The fraction of sp³-hybridized carbons (Fsp3) is 0.632. The van der Waals surface area contributed by atoms with E-state index >= 15 is 0 Å². The first kappa shape index (κ1) is 18.3. The molecule has 3 rings (SSSR count). The zero-order valence-electron chi connectivity index (χ0n) is 15.0. The molecule has 0 aromatic heterocycles. The monoisotopic (exact) mass is 350 g/mol. The third kappa shape index (κ3) is 4.02. The van der Waals surface area contributed by atoms with Gasteiger partial charge in [0.15, 0.2) is 0 Å². The Morgan fingerprint density at radius 3 is 2.84 bits per heavy atom. The van der Waals surface area contributed by atoms with Gasteiger partial charge in [-0.3, -0.25) is 9.69 Å². The second-order valence-corrected chi connectivity index (χ2v) is 7.35. The molecule has 138 valence electrons. The van der Waals surface area contributed by atoms with E-state index in [-0.39, 0.29) is 17.8 Å². The Kier molecular flexibility index (Phi) is 5.41. The van der Waals surface area contributed by atoms with Gasteiger partial charge in [-0.2, -0.15) is 0 Å². The van der Waals surface area contributed by atoms with Crippen molar-refractivity contribution in [3.8, 4) is 0 Å². The lowest BCUT2D eigenvalue weighted by atomic mass is 9.92. The van der Waals surface area contributed by atoms with Crippen LogP contribution < -0.4 is 4.90 Å². The number of amides is 1. The maximum absolute atomic E-state index is 14.2. The minimum atomic E-state index is -0.815. The van der Waals surface area contributed by atoms with Gasteiger partial charge in [0.25, 0.3) is 0 Å². The first-order valence-electron chi connectivity index (χ1n) is 8.97. The van der Waals surface area contributed by atoms with E-state index in [2.05, 4.69) is 0 Å². The van der Waals surface area contributed by atoms with Crippen molar-refractivity contribution in [3.63, 3.8) is 0 Å². The molecule has 0 radical (unpaired) electrons. The minimum absolute atomic E-state index is 0.0890. The van der Waals surface area contributed by atoms with E-state index in [4.69, 9.17) is 4.74 Å². The Morgan fingerprint density at radius 1 is 1.40 bits per heavy atom. The summed E-state index contributed by atoms with van der Waals surface area (Å²) in [7, 11) is 1.87. The van der Waals surface area contributed by atoms with Gasteiger partial charge in [0, 0.05) is 39.1 Å². The maximum Gasteiger partial charge on any atom is 0.244 e. The second kappa shape index (κ2) is 7.40. The van der Waals surface area contributed by atoms with Crippen LogP contribution in [-0.4, -0.2) is 60.9 Å². The molecule has 0 spiro atoms. The molecule has 2 aliphatic heterocycles. The Hall–Kier alpha value is -1.50. The summed E-state index contributed by atoms with van der Waals surface area (Å²) in [6, 6.07) is 4.51. The number of benzene rings is 1. The van der Waals surface area contributed by atoms with Crippen molar-refractivity contribution in [2.75, 3.05) is 38.3 Å². The van der Waals surface area contributed by atoms with E-state index in [1.807, 2.05) is 18.9 Å². The first-order valence-corrected chi connectivity index (χ1v) is 8.97. The summed E-state index contributed by atoms with van der Waals surface area (Å²) >= 11 is 0. The number of carbonyl (C=O) groups is 1. The van der Waals surface area contributed by atoms with E-state index in [1.165, 1.54) is 6.07 Å². The smallest absolute Gasteiger partial charge is 0.244 e. The van der Waals surface area contributed by atoms with Crippen LogP contribution in [0.15, 0.2) is 18.2 Å². The number of nitrogens with zero attached hydrogens (tertiary/aromatic N) is 2. The zero-order chi connectivity index (χ0) is 18.0. The minimum Gasteiger partial charge on any atom is -0.388 e. The molecule has 1 aromatic rings. The molecule has 1 N–H and O–H groups in total. The molecule has 5 nitrogen and oxygen atoms in total. The summed E-state index contributed by atoms with van der Waals surface area (Å²) in [5.41, 5.74) is 0.466. The third-order valence-electron chi connectivity index (χ3n) is 5.30. The highest BCUT2D eigenvalue weighted by Gasteiger charge is 2.38. The number of hydrogen-bond donors (Lipinski definition) is 1. The van der Waals surface area contributed by atoms with Gasteiger partial charge in [-0.15, -0.1) is 0 Å². The fourth-order valence-corrected chi connectivity index (χ4v) is 3.82. The summed E-state index contributed by atoms with van der Waals surface area (Å²) < 4.78 is 19.5. The van der Waals surface area contributed by atoms with Crippen molar-refractivity contribution in [1.82, 2.24) is 4.90 Å². The van der Waals surface area contributed by atoms with Crippen LogP contribution in [0, 0.1) is 12.7 Å². The highest BCUT2D eigenvalue weighted by Crippen LogP contribution is 2.28. The lowest BCUT2D eigenvalue weighted by molar-refractivity contribution is -0.128. The van der Waals surface area contributed by atoms with Crippen LogP contribution in [0.3, 0.4) is 0 Å². The molecular weight excluding hydrogens is 323 g/mol. The van der Waals surface area contributed by atoms with Crippen molar-refractivity contribution in [1.29, 1.82) is 0 Å². The Morgan fingerprint density at radius 2 is 2.12 bits per heavy atom. The van der Waals surface area contributed by atoms with E-state index in [0.29, 0.717) is 44.8 Å². The Balaban J connectivity index is 1.74. The van der Waals surface area contributed by atoms with Gasteiger partial charge in [-0.1, -0.05) is 6.07 Å². The van der Waals surface area contributed by atoms with Crippen LogP contribution >= 0.6 is 0 Å². The third-order valence-corrected chi connectivity index (χ3v) is 5.30. The average molecular weight is 350 g/mol. The van der Waals surface area contributed by atoms with Crippen LogP contribution in [-0.2, 0) is 9.53 Å². The molecule has 6 heteroatoms. The first-order chi connectivity index (χ1) is 11.9. The molecule has 25 heavy (non-hydrogen) atoms. The Labute approximate surface area is 148 Å². The molecule has 2 aliphatic rings. The van der Waals surface area contributed by atoms with Crippen molar-refractivity contribution >= 4 is 11.6 Å². The lowest BCUT2D eigenvalue weighted by Crippen LogP contribution is -2.56. The number of halogens is 1. The largest absolute Gasteiger partial charge is 0.388 e. The van der Waals surface area contributed by atoms with Crippen LogP contribution in [0.4, 0.5) is 10.1 Å². The van der Waals surface area contributed by atoms with Gasteiger partial charge < -0.3 is 14.7 Å². The number of carbonyl (C=O) groups excluding carboxylic acids is 1. The average Bonchev–Trinajstić information content (AvgIpc) is 2.57. The second-order valence-electron chi connectivity index (χ2n) is 7.35. The van der Waals surface area contributed by atoms with Crippen molar-refractivity contribution in [3.05, 3.63) is 29.6 Å². The number of likely N-dealkylation sites (N-methyl/N-ethyl adjacent to an activating group) is 1. The number of ether oxygens (including phenoxy) is 1. The number of aliphatic hydroxyl groups is 1. The predicted molar refractivity (Wildman–Crippen MR) is 94.1 cm³/mol. The van der Waals surface area contributed by atoms with E-state index in [9.17, 15) is 14.3 Å². The topological polar surface area (TPSA) is 53.0 Å². The summed E-state index contributed by atoms with van der Waals surface area (Å²) in [4.78, 5) is 16.5. The van der Waals surface area contributed by atoms with E-state index in [1.54, 1.807) is 17.0 Å². The summed E-state index contributed by atoms with van der Waals surface area (Å²) in [6.07, 6.45) is 2.70. The predicted octanol–water partition coefficient (Wildman–Crippen LogP) is 2.10. The molecule has 1 unspecified atom stereocenters. The van der Waals surface area contributed by atoms with E-state index in [0.717, 1.165) is 18.4 Å². The van der Waals surface area contributed by atoms with Crippen LogP contribution in [0.5, 0.6) is 0 Å². The van der Waals surface area contributed by atoms with Gasteiger partial charge in [-0.25, -0.2) is 4.39 Å². The molecule has 2 saturated heterocycles. The zero-order valence-corrected chi connectivity index (χ0v) is 15.0. The van der Waals surface area contributed by atoms with Crippen molar-refractivity contribution < 1.29 is 19.0 Å². The molecule has 0 aliphatic carbocycles. The normalized spacial score (nSPS) is 24.0. The highest BCUT2D eigenvalue weighted by molar-refractivity contribution is 5.98. The Bertz CT molecular complexity index is 631. The lowest BCUT2D eigenvalue weighted by Gasteiger charge is -2.41. The van der Waals surface area contributed by atoms with Gasteiger partial charge in [0.2, 0.25) is 5.91 Å². The molecule has 0 bridgehead atoms. The molecule has 1 amide bonds. The fourth-order valence-electron chi connectivity index (χ4n) is 3.82. The number of anilines is 1. The van der Waals surface area contributed by atoms with Gasteiger partial charge in [0.05, 0.1) is 17.3 Å². The molecule has 2 heterocycles.